The van der Waals surface area contributed by atoms with Crippen LogP contribution in [-0.2, 0) is 11.2 Å². The molecule has 3 N–H and O–H groups in total. The van der Waals surface area contributed by atoms with Gasteiger partial charge in [0.2, 0.25) is 6.41 Å². The standard InChI is InChI=1S/C19H24N2O3/c1-15-13-16(9-10-20)3-8-19(15)24-18-6-4-17(5-7-18)23-12-2-11-21-14-22/h3-8,13-14H,2,9-12,20H2,1H3,(H,21,22). The summed E-state index contributed by atoms with van der Waals surface area (Å²) in [6, 6.07) is 13.6. The summed E-state index contributed by atoms with van der Waals surface area (Å²) in [4.78, 5) is 10.1. The zero-order valence-electron chi connectivity index (χ0n) is 14.0. The van der Waals surface area contributed by atoms with E-state index in [-0.39, 0.29) is 0 Å². The largest absolute Gasteiger partial charge is 0.494 e. The fraction of sp³-hybridized carbons (Fsp3) is 0.316. The van der Waals surface area contributed by atoms with Gasteiger partial charge in [-0.1, -0.05) is 12.1 Å². The van der Waals surface area contributed by atoms with Crippen LogP contribution in [0.15, 0.2) is 42.5 Å². The third-order valence-electron chi connectivity index (χ3n) is 3.54. The van der Waals surface area contributed by atoms with Gasteiger partial charge in [0.1, 0.15) is 17.2 Å². The molecule has 0 atom stereocenters. The number of ether oxygens (including phenoxy) is 2. The van der Waals surface area contributed by atoms with Crippen LogP contribution in [0.2, 0.25) is 0 Å². The van der Waals surface area contributed by atoms with Crippen molar-refractivity contribution in [1.82, 2.24) is 5.32 Å². The summed E-state index contributed by atoms with van der Waals surface area (Å²) in [6.45, 7) is 3.85. The summed E-state index contributed by atoms with van der Waals surface area (Å²) >= 11 is 0. The third kappa shape index (κ3) is 5.59. The van der Waals surface area contributed by atoms with E-state index < -0.39 is 0 Å². The Hall–Kier alpha value is -2.53. The molecule has 0 fully saturated rings. The molecule has 0 bridgehead atoms. The normalized spacial score (nSPS) is 10.2. The van der Waals surface area contributed by atoms with Gasteiger partial charge in [-0.3, -0.25) is 4.79 Å². The number of rotatable bonds is 10. The lowest BCUT2D eigenvalue weighted by Gasteiger charge is -2.11. The highest BCUT2D eigenvalue weighted by Gasteiger charge is 2.03. The van der Waals surface area contributed by atoms with E-state index in [1.54, 1.807) is 0 Å². The van der Waals surface area contributed by atoms with Crippen LogP contribution in [0.25, 0.3) is 0 Å². The number of nitrogens with one attached hydrogen (secondary N) is 1. The molecule has 0 unspecified atom stereocenters. The number of carbonyl (C=O) groups excluding carboxylic acids is 1. The maximum atomic E-state index is 10.1. The number of hydrogen-bond donors (Lipinski definition) is 2. The van der Waals surface area contributed by atoms with Crippen molar-refractivity contribution in [1.29, 1.82) is 0 Å². The molecule has 128 valence electrons. The van der Waals surface area contributed by atoms with Crippen molar-refractivity contribution in [2.45, 2.75) is 19.8 Å². The fourth-order valence-electron chi connectivity index (χ4n) is 2.30. The van der Waals surface area contributed by atoms with Crippen LogP contribution in [0.1, 0.15) is 17.5 Å². The van der Waals surface area contributed by atoms with Gasteiger partial charge in [0.15, 0.2) is 0 Å². The number of carbonyl (C=O) groups is 1. The Morgan fingerprint density at radius 2 is 1.88 bits per heavy atom. The van der Waals surface area contributed by atoms with Crippen LogP contribution in [0.3, 0.4) is 0 Å². The smallest absolute Gasteiger partial charge is 0.207 e. The second-order valence-electron chi connectivity index (χ2n) is 5.49. The van der Waals surface area contributed by atoms with Gasteiger partial charge in [0.05, 0.1) is 6.61 Å². The van der Waals surface area contributed by atoms with Crippen LogP contribution in [-0.4, -0.2) is 26.1 Å². The molecule has 0 radical (unpaired) electrons. The van der Waals surface area contributed by atoms with E-state index in [0.29, 0.717) is 26.1 Å². The van der Waals surface area contributed by atoms with Crippen LogP contribution in [0, 0.1) is 6.92 Å². The van der Waals surface area contributed by atoms with Gasteiger partial charge in [-0.15, -0.1) is 0 Å². The van der Waals surface area contributed by atoms with E-state index >= 15 is 0 Å². The molecule has 0 aliphatic carbocycles. The fourth-order valence-corrected chi connectivity index (χ4v) is 2.30. The molecule has 0 heterocycles. The van der Waals surface area contributed by atoms with E-state index in [4.69, 9.17) is 15.2 Å². The Bertz CT molecular complexity index is 642. The molecule has 0 spiro atoms. The topological polar surface area (TPSA) is 73.6 Å². The molecule has 5 nitrogen and oxygen atoms in total. The molecule has 1 amide bonds. The molecule has 2 aromatic carbocycles. The van der Waals surface area contributed by atoms with Gasteiger partial charge in [-0.05, 0) is 67.8 Å². The number of hydrogen-bond acceptors (Lipinski definition) is 4. The Labute approximate surface area is 142 Å². The predicted molar refractivity (Wildman–Crippen MR) is 94.6 cm³/mol. The Kier molecular flexibility index (Phi) is 7.11. The second-order valence-corrected chi connectivity index (χ2v) is 5.49. The first kappa shape index (κ1) is 17.8. The highest BCUT2D eigenvalue weighted by Crippen LogP contribution is 2.27. The first-order valence-electron chi connectivity index (χ1n) is 8.10. The molecule has 0 aliphatic heterocycles. The Morgan fingerprint density at radius 3 is 2.54 bits per heavy atom. The van der Waals surface area contributed by atoms with E-state index in [9.17, 15) is 4.79 Å². The van der Waals surface area contributed by atoms with Crippen LogP contribution >= 0.6 is 0 Å². The summed E-state index contributed by atoms with van der Waals surface area (Å²) in [5.41, 5.74) is 7.89. The summed E-state index contributed by atoms with van der Waals surface area (Å²) in [5.74, 6) is 2.38. The minimum atomic E-state index is 0.558. The molecule has 5 heteroatoms. The zero-order chi connectivity index (χ0) is 17.2. The minimum Gasteiger partial charge on any atom is -0.494 e. The molecule has 2 aromatic rings. The predicted octanol–water partition coefficient (Wildman–Crippen LogP) is 2.80. The van der Waals surface area contributed by atoms with Crippen molar-refractivity contribution in [2.75, 3.05) is 19.7 Å². The Balaban J connectivity index is 1.88. The quantitative estimate of drug-likeness (QED) is 0.519. The molecule has 0 aromatic heterocycles. The number of amides is 1. The second kappa shape index (κ2) is 9.57. The molecule has 2 rings (SSSR count). The average molecular weight is 328 g/mol. The molecule has 0 saturated carbocycles. The van der Waals surface area contributed by atoms with Crippen LogP contribution < -0.4 is 20.5 Å². The lowest BCUT2D eigenvalue weighted by Crippen LogP contribution is -2.14. The summed E-state index contributed by atoms with van der Waals surface area (Å²) in [6.07, 6.45) is 2.33. The van der Waals surface area contributed by atoms with Crippen molar-refractivity contribution in [3.63, 3.8) is 0 Å². The van der Waals surface area contributed by atoms with E-state index in [1.807, 2.05) is 43.3 Å². The monoisotopic (exact) mass is 328 g/mol. The van der Waals surface area contributed by atoms with Crippen molar-refractivity contribution in [3.8, 4) is 17.2 Å². The van der Waals surface area contributed by atoms with E-state index in [2.05, 4.69) is 11.4 Å². The highest BCUT2D eigenvalue weighted by atomic mass is 16.5. The van der Waals surface area contributed by atoms with Crippen molar-refractivity contribution in [3.05, 3.63) is 53.6 Å². The molecular formula is C19H24N2O3. The molecule has 0 aliphatic rings. The molecule has 0 saturated heterocycles. The van der Waals surface area contributed by atoms with Gasteiger partial charge in [0.25, 0.3) is 0 Å². The van der Waals surface area contributed by atoms with Crippen molar-refractivity contribution < 1.29 is 14.3 Å². The number of aryl methyl sites for hydroxylation is 1. The molecule has 24 heavy (non-hydrogen) atoms. The van der Waals surface area contributed by atoms with E-state index in [1.165, 1.54) is 5.56 Å². The SMILES string of the molecule is Cc1cc(CCN)ccc1Oc1ccc(OCCCNC=O)cc1. The lowest BCUT2D eigenvalue weighted by molar-refractivity contribution is -0.109. The van der Waals surface area contributed by atoms with E-state index in [0.717, 1.165) is 35.7 Å². The third-order valence-corrected chi connectivity index (χ3v) is 3.54. The van der Waals surface area contributed by atoms with Crippen LogP contribution in [0.5, 0.6) is 17.2 Å². The highest BCUT2D eigenvalue weighted by molar-refractivity contribution is 5.45. The Morgan fingerprint density at radius 1 is 1.12 bits per heavy atom. The summed E-state index contributed by atoms with van der Waals surface area (Å²) in [5, 5.41) is 2.60. The van der Waals surface area contributed by atoms with Gasteiger partial charge >= 0.3 is 0 Å². The van der Waals surface area contributed by atoms with Gasteiger partial charge in [0, 0.05) is 6.54 Å². The first-order valence-corrected chi connectivity index (χ1v) is 8.10. The van der Waals surface area contributed by atoms with Gasteiger partial charge in [-0.25, -0.2) is 0 Å². The maximum Gasteiger partial charge on any atom is 0.207 e. The van der Waals surface area contributed by atoms with Crippen LogP contribution in [0.4, 0.5) is 0 Å². The summed E-state index contributed by atoms with van der Waals surface area (Å²) < 4.78 is 11.5. The van der Waals surface area contributed by atoms with Crippen molar-refractivity contribution in [2.24, 2.45) is 5.73 Å². The lowest BCUT2D eigenvalue weighted by atomic mass is 10.1. The minimum absolute atomic E-state index is 0.558. The maximum absolute atomic E-state index is 10.1. The summed E-state index contributed by atoms with van der Waals surface area (Å²) in [7, 11) is 0. The van der Waals surface area contributed by atoms with Crippen molar-refractivity contribution >= 4 is 6.41 Å². The van der Waals surface area contributed by atoms with Gasteiger partial charge in [-0.2, -0.15) is 0 Å². The van der Waals surface area contributed by atoms with Gasteiger partial charge < -0.3 is 20.5 Å². The zero-order valence-corrected chi connectivity index (χ0v) is 14.0. The average Bonchev–Trinajstić information content (AvgIpc) is 2.59. The number of nitrogens with two attached hydrogens (primary N) is 1. The first-order chi connectivity index (χ1) is 11.7. The molecular weight excluding hydrogens is 304 g/mol. The number of benzene rings is 2.